The Bertz CT molecular complexity index is 457. The van der Waals surface area contributed by atoms with Crippen molar-refractivity contribution in [1.29, 1.82) is 0 Å². The van der Waals surface area contributed by atoms with Gasteiger partial charge in [-0.1, -0.05) is 61.5 Å². The third kappa shape index (κ3) is 2.75. The molecular weight excluding hydrogens is 208 g/mol. The molecule has 0 amide bonds. The second kappa shape index (κ2) is 5.15. The second-order valence-corrected chi connectivity index (χ2v) is 4.48. The summed E-state index contributed by atoms with van der Waals surface area (Å²) in [6.45, 7) is 3.99. The lowest BCUT2D eigenvalue weighted by Crippen LogP contribution is -1.97. The van der Waals surface area contributed by atoms with Crippen LogP contribution in [0.3, 0.4) is 0 Å². The predicted octanol–water partition coefficient (Wildman–Crippen LogP) is 3.89. The van der Waals surface area contributed by atoms with Gasteiger partial charge < -0.3 is 5.11 Å². The van der Waals surface area contributed by atoms with Crippen LogP contribution in [0.25, 0.3) is 0 Å². The van der Waals surface area contributed by atoms with Crippen LogP contribution in [0.2, 0.25) is 0 Å². The highest BCUT2D eigenvalue weighted by atomic mass is 16.3. The van der Waals surface area contributed by atoms with Gasteiger partial charge >= 0.3 is 0 Å². The molecule has 1 nitrogen and oxygen atoms in total. The molecule has 0 aromatic heterocycles. The molecular formula is C16H18O. The molecule has 0 bridgehead atoms. The zero-order valence-electron chi connectivity index (χ0n) is 10.3. The maximum atomic E-state index is 9.47. The maximum absolute atomic E-state index is 9.47. The summed E-state index contributed by atoms with van der Waals surface area (Å²) < 4.78 is 0. The number of aliphatic hydroxyl groups excluding tert-OH is 1. The van der Waals surface area contributed by atoms with Crippen LogP contribution in [0.1, 0.15) is 42.6 Å². The molecule has 0 radical (unpaired) electrons. The van der Waals surface area contributed by atoms with Crippen LogP contribution in [0.5, 0.6) is 0 Å². The highest BCUT2D eigenvalue weighted by Gasteiger charge is 2.08. The molecule has 0 aliphatic rings. The van der Waals surface area contributed by atoms with Crippen molar-refractivity contribution >= 4 is 0 Å². The number of hydrogen-bond acceptors (Lipinski definition) is 1. The van der Waals surface area contributed by atoms with Gasteiger partial charge in [-0.2, -0.15) is 0 Å². The number of rotatable bonds is 3. The molecule has 0 saturated heterocycles. The Morgan fingerprint density at radius 3 is 1.71 bits per heavy atom. The number of aliphatic hydroxyl groups is 1. The molecule has 0 fully saturated rings. The van der Waals surface area contributed by atoms with Crippen molar-refractivity contribution in [3.05, 3.63) is 71.3 Å². The van der Waals surface area contributed by atoms with Gasteiger partial charge in [0.05, 0.1) is 6.10 Å². The first-order valence-corrected chi connectivity index (χ1v) is 6.01. The molecule has 17 heavy (non-hydrogen) atoms. The van der Waals surface area contributed by atoms with Crippen molar-refractivity contribution in [2.24, 2.45) is 0 Å². The van der Waals surface area contributed by atoms with Crippen molar-refractivity contribution in [3.63, 3.8) is 0 Å². The summed E-state index contributed by atoms with van der Waals surface area (Å²) in [5.41, 5.74) is 3.56. The summed E-state index contributed by atoms with van der Waals surface area (Å²) in [6.07, 6.45) is -0.393. The molecule has 1 heteroatoms. The molecule has 1 N–H and O–H groups in total. The van der Waals surface area contributed by atoms with Crippen LogP contribution in [-0.2, 0) is 0 Å². The van der Waals surface area contributed by atoms with Crippen molar-refractivity contribution in [3.8, 4) is 0 Å². The van der Waals surface area contributed by atoms with E-state index in [1.165, 1.54) is 11.1 Å². The first-order chi connectivity index (χ1) is 8.18. The quantitative estimate of drug-likeness (QED) is 0.841. The summed E-state index contributed by atoms with van der Waals surface area (Å²) in [5, 5.41) is 9.47. The lowest BCUT2D eigenvalue weighted by molar-refractivity contribution is 0.199. The Morgan fingerprint density at radius 1 is 0.706 bits per heavy atom. The molecule has 0 saturated carbocycles. The molecule has 2 atom stereocenters. The highest BCUT2D eigenvalue weighted by molar-refractivity contribution is 5.33. The van der Waals surface area contributed by atoms with Crippen molar-refractivity contribution in [2.75, 3.05) is 0 Å². The van der Waals surface area contributed by atoms with E-state index in [2.05, 4.69) is 43.3 Å². The molecule has 0 spiro atoms. The average Bonchev–Trinajstić information content (AvgIpc) is 2.39. The number of benzene rings is 2. The molecule has 2 unspecified atom stereocenters. The molecule has 0 heterocycles. The lowest BCUT2D eigenvalue weighted by atomic mass is 9.92. The standard InChI is InChI=1S/C16H18O/c1-12(14-6-4-3-5-7-14)15-8-10-16(11-9-15)13(2)17/h3-13,17H,1-2H3. The minimum absolute atomic E-state index is 0.388. The van der Waals surface area contributed by atoms with Gasteiger partial charge in [0, 0.05) is 5.92 Å². The van der Waals surface area contributed by atoms with Crippen LogP contribution in [0.4, 0.5) is 0 Å². The molecule has 0 aliphatic carbocycles. The van der Waals surface area contributed by atoms with E-state index in [-0.39, 0.29) is 0 Å². The van der Waals surface area contributed by atoms with Gasteiger partial charge in [-0.3, -0.25) is 0 Å². The van der Waals surface area contributed by atoms with Gasteiger partial charge in [-0.05, 0) is 23.6 Å². The monoisotopic (exact) mass is 226 g/mol. The van der Waals surface area contributed by atoms with Crippen molar-refractivity contribution < 1.29 is 5.11 Å². The van der Waals surface area contributed by atoms with Crippen LogP contribution in [-0.4, -0.2) is 5.11 Å². The molecule has 2 rings (SSSR count). The minimum Gasteiger partial charge on any atom is -0.389 e. The fraction of sp³-hybridized carbons (Fsp3) is 0.250. The van der Waals surface area contributed by atoms with Gasteiger partial charge in [-0.25, -0.2) is 0 Å². The fourth-order valence-electron chi connectivity index (χ4n) is 2.00. The third-order valence-electron chi connectivity index (χ3n) is 3.22. The smallest absolute Gasteiger partial charge is 0.0761 e. The van der Waals surface area contributed by atoms with Crippen molar-refractivity contribution in [1.82, 2.24) is 0 Å². The summed E-state index contributed by atoms with van der Waals surface area (Å²) in [5.74, 6) is 0.388. The van der Waals surface area contributed by atoms with Gasteiger partial charge in [-0.15, -0.1) is 0 Å². The summed E-state index contributed by atoms with van der Waals surface area (Å²) >= 11 is 0. The zero-order chi connectivity index (χ0) is 12.3. The van der Waals surface area contributed by atoms with Crippen LogP contribution >= 0.6 is 0 Å². The Balaban J connectivity index is 2.23. The van der Waals surface area contributed by atoms with E-state index in [9.17, 15) is 5.11 Å². The summed E-state index contributed by atoms with van der Waals surface area (Å²) in [6, 6.07) is 18.7. The predicted molar refractivity (Wildman–Crippen MR) is 71.0 cm³/mol. The highest BCUT2D eigenvalue weighted by Crippen LogP contribution is 2.25. The van der Waals surface area contributed by atoms with Gasteiger partial charge in [0.15, 0.2) is 0 Å². The van der Waals surface area contributed by atoms with E-state index < -0.39 is 6.10 Å². The van der Waals surface area contributed by atoms with E-state index >= 15 is 0 Å². The zero-order valence-corrected chi connectivity index (χ0v) is 10.3. The minimum atomic E-state index is -0.393. The summed E-state index contributed by atoms with van der Waals surface area (Å²) in [7, 11) is 0. The first kappa shape index (κ1) is 11.9. The van der Waals surface area contributed by atoms with E-state index in [4.69, 9.17) is 0 Å². The summed E-state index contributed by atoms with van der Waals surface area (Å²) in [4.78, 5) is 0. The van der Waals surface area contributed by atoms with Crippen LogP contribution < -0.4 is 0 Å². The van der Waals surface area contributed by atoms with Gasteiger partial charge in [0.1, 0.15) is 0 Å². The maximum Gasteiger partial charge on any atom is 0.0761 e. The third-order valence-corrected chi connectivity index (χ3v) is 3.22. The van der Waals surface area contributed by atoms with Crippen molar-refractivity contribution in [2.45, 2.75) is 25.9 Å². The average molecular weight is 226 g/mol. The molecule has 88 valence electrons. The second-order valence-electron chi connectivity index (χ2n) is 4.48. The van der Waals surface area contributed by atoms with Gasteiger partial charge in [0.2, 0.25) is 0 Å². The van der Waals surface area contributed by atoms with Gasteiger partial charge in [0.25, 0.3) is 0 Å². The Hall–Kier alpha value is -1.60. The number of hydrogen-bond donors (Lipinski definition) is 1. The SMILES string of the molecule is CC(O)c1ccc(C(C)c2ccccc2)cc1. The molecule has 0 aliphatic heterocycles. The first-order valence-electron chi connectivity index (χ1n) is 6.01. The van der Waals surface area contributed by atoms with E-state index in [1.807, 2.05) is 18.2 Å². The topological polar surface area (TPSA) is 20.2 Å². The largest absolute Gasteiger partial charge is 0.389 e. The lowest BCUT2D eigenvalue weighted by Gasteiger charge is -2.13. The Kier molecular flexibility index (Phi) is 3.60. The molecule has 2 aromatic rings. The van der Waals surface area contributed by atoms with Crippen LogP contribution in [0.15, 0.2) is 54.6 Å². The van der Waals surface area contributed by atoms with E-state index in [0.717, 1.165) is 5.56 Å². The van der Waals surface area contributed by atoms with E-state index in [1.54, 1.807) is 6.92 Å². The fourth-order valence-corrected chi connectivity index (χ4v) is 2.00. The van der Waals surface area contributed by atoms with E-state index in [0.29, 0.717) is 5.92 Å². The Labute approximate surface area is 103 Å². The molecule has 2 aromatic carbocycles. The van der Waals surface area contributed by atoms with Crippen LogP contribution in [0, 0.1) is 0 Å². The Morgan fingerprint density at radius 2 is 1.18 bits per heavy atom. The normalized spacial score (nSPS) is 14.3.